The van der Waals surface area contributed by atoms with Crippen molar-refractivity contribution in [2.75, 3.05) is 6.54 Å². The lowest BCUT2D eigenvalue weighted by atomic mass is 9.80. The maximum Gasteiger partial charge on any atom is 0.220 e. The molecular weight excluding hydrogens is 309 g/mol. The largest absolute Gasteiger partial charge is 0.392 e. The summed E-state index contributed by atoms with van der Waals surface area (Å²) >= 11 is 0. The highest BCUT2D eigenvalue weighted by atomic mass is 19.1. The van der Waals surface area contributed by atoms with Gasteiger partial charge >= 0.3 is 0 Å². The molecule has 0 bridgehead atoms. The molecule has 0 fully saturated rings. The Labute approximate surface area is 141 Å². The molecule has 1 atom stereocenters. The predicted molar refractivity (Wildman–Crippen MR) is 92.0 cm³/mol. The zero-order valence-electron chi connectivity index (χ0n) is 14.7. The average molecular weight is 335 g/mol. The van der Waals surface area contributed by atoms with Gasteiger partial charge in [0.15, 0.2) is 5.82 Å². The standard InChI is InChI=1S/C18H26FN3O2/c1-11(2)17(24)18(3,4)10-20-15(23)9-8-14-21-13-7-5-6-12(19)16(13)22-14/h5-7,11,17,24H,8-10H2,1-4H3,(H,20,23)(H,21,22). The summed E-state index contributed by atoms with van der Waals surface area (Å²) in [6.45, 7) is 8.17. The number of carbonyl (C=O) groups excluding carboxylic acids is 1. The van der Waals surface area contributed by atoms with Crippen molar-refractivity contribution in [2.45, 2.75) is 46.6 Å². The van der Waals surface area contributed by atoms with Crippen molar-refractivity contribution in [3.63, 3.8) is 0 Å². The molecule has 0 saturated heterocycles. The van der Waals surface area contributed by atoms with E-state index in [0.29, 0.717) is 29.8 Å². The van der Waals surface area contributed by atoms with E-state index in [2.05, 4.69) is 15.3 Å². The van der Waals surface area contributed by atoms with Gasteiger partial charge in [0.2, 0.25) is 5.91 Å². The molecule has 1 aromatic carbocycles. The van der Waals surface area contributed by atoms with Crippen LogP contribution in [0.3, 0.4) is 0 Å². The summed E-state index contributed by atoms with van der Waals surface area (Å²) in [7, 11) is 0. The van der Waals surface area contributed by atoms with Gasteiger partial charge in [0.25, 0.3) is 0 Å². The number of hydrogen-bond donors (Lipinski definition) is 3. The number of hydrogen-bond acceptors (Lipinski definition) is 3. The quantitative estimate of drug-likeness (QED) is 0.728. The number of fused-ring (bicyclic) bond motifs is 1. The van der Waals surface area contributed by atoms with Crippen LogP contribution in [0.1, 0.15) is 39.9 Å². The van der Waals surface area contributed by atoms with Gasteiger partial charge in [-0.1, -0.05) is 33.8 Å². The number of amides is 1. The third kappa shape index (κ3) is 4.32. The SMILES string of the molecule is CC(C)C(O)C(C)(C)CNC(=O)CCc1nc2c(F)cccc2[nH]1. The number of imidazole rings is 1. The number of rotatable bonds is 7. The van der Waals surface area contributed by atoms with E-state index < -0.39 is 11.5 Å². The molecule has 3 N–H and O–H groups in total. The van der Waals surface area contributed by atoms with Gasteiger partial charge in [-0.15, -0.1) is 0 Å². The molecule has 0 saturated carbocycles. The lowest BCUT2D eigenvalue weighted by Crippen LogP contribution is -2.43. The van der Waals surface area contributed by atoms with Crippen LogP contribution in [0.25, 0.3) is 11.0 Å². The minimum Gasteiger partial charge on any atom is -0.392 e. The number of carbonyl (C=O) groups is 1. The van der Waals surface area contributed by atoms with E-state index >= 15 is 0 Å². The van der Waals surface area contributed by atoms with Crippen molar-refractivity contribution in [3.8, 4) is 0 Å². The van der Waals surface area contributed by atoms with Gasteiger partial charge in [0.05, 0.1) is 11.6 Å². The van der Waals surface area contributed by atoms with Crippen molar-refractivity contribution in [1.82, 2.24) is 15.3 Å². The molecule has 0 aliphatic rings. The van der Waals surface area contributed by atoms with Crippen LogP contribution in [-0.4, -0.2) is 33.6 Å². The van der Waals surface area contributed by atoms with E-state index in [4.69, 9.17) is 0 Å². The van der Waals surface area contributed by atoms with E-state index in [1.54, 1.807) is 12.1 Å². The molecule has 1 heterocycles. The van der Waals surface area contributed by atoms with Gasteiger partial charge < -0.3 is 15.4 Å². The topological polar surface area (TPSA) is 78.0 Å². The minimum atomic E-state index is -0.490. The number of nitrogens with one attached hydrogen (secondary N) is 2. The van der Waals surface area contributed by atoms with E-state index in [1.807, 2.05) is 27.7 Å². The number of aliphatic hydroxyl groups excluding tert-OH is 1. The lowest BCUT2D eigenvalue weighted by molar-refractivity contribution is -0.122. The van der Waals surface area contributed by atoms with Crippen LogP contribution in [0.15, 0.2) is 18.2 Å². The van der Waals surface area contributed by atoms with E-state index in [1.165, 1.54) is 6.07 Å². The highest BCUT2D eigenvalue weighted by Crippen LogP contribution is 2.25. The Bertz CT molecular complexity index is 709. The van der Waals surface area contributed by atoms with Crippen LogP contribution in [0.2, 0.25) is 0 Å². The normalized spacial score (nSPS) is 13.5. The molecule has 0 aliphatic carbocycles. The van der Waals surface area contributed by atoms with Crippen LogP contribution in [0, 0.1) is 17.2 Å². The Morgan fingerprint density at radius 1 is 1.42 bits per heavy atom. The first-order valence-corrected chi connectivity index (χ1v) is 8.28. The predicted octanol–water partition coefficient (Wildman–Crippen LogP) is 2.79. The second-order valence-electron chi connectivity index (χ2n) is 7.27. The maximum absolute atomic E-state index is 13.6. The summed E-state index contributed by atoms with van der Waals surface area (Å²) in [4.78, 5) is 19.2. The third-order valence-corrected chi connectivity index (χ3v) is 4.27. The number of aryl methyl sites for hydroxylation is 1. The van der Waals surface area contributed by atoms with Gasteiger partial charge in [0, 0.05) is 24.8 Å². The number of aromatic amines is 1. The molecule has 0 aliphatic heterocycles. The van der Waals surface area contributed by atoms with Gasteiger partial charge in [-0.3, -0.25) is 4.79 Å². The molecular formula is C18H26FN3O2. The molecule has 1 amide bonds. The highest BCUT2D eigenvalue weighted by molar-refractivity contribution is 5.77. The number of aliphatic hydroxyl groups is 1. The third-order valence-electron chi connectivity index (χ3n) is 4.27. The Balaban J connectivity index is 1.87. The smallest absolute Gasteiger partial charge is 0.220 e. The molecule has 6 heteroatoms. The monoisotopic (exact) mass is 335 g/mol. The minimum absolute atomic E-state index is 0.111. The summed E-state index contributed by atoms with van der Waals surface area (Å²) in [5.41, 5.74) is 0.535. The van der Waals surface area contributed by atoms with Gasteiger partial charge in [0.1, 0.15) is 11.3 Å². The first kappa shape index (κ1) is 18.4. The fourth-order valence-electron chi connectivity index (χ4n) is 2.82. The molecule has 24 heavy (non-hydrogen) atoms. The van der Waals surface area contributed by atoms with Crippen molar-refractivity contribution >= 4 is 16.9 Å². The Kier molecular flexibility index (Phi) is 5.59. The molecule has 0 spiro atoms. The molecule has 2 aromatic rings. The zero-order valence-corrected chi connectivity index (χ0v) is 14.7. The average Bonchev–Trinajstić information content (AvgIpc) is 2.94. The lowest BCUT2D eigenvalue weighted by Gasteiger charge is -2.33. The van der Waals surface area contributed by atoms with E-state index in [0.717, 1.165) is 0 Å². The number of para-hydroxylation sites is 1. The first-order valence-electron chi connectivity index (χ1n) is 8.28. The number of nitrogens with zero attached hydrogens (tertiary/aromatic N) is 1. The highest BCUT2D eigenvalue weighted by Gasteiger charge is 2.30. The van der Waals surface area contributed by atoms with E-state index in [9.17, 15) is 14.3 Å². The molecule has 1 aromatic heterocycles. The fraction of sp³-hybridized carbons (Fsp3) is 0.556. The van der Waals surface area contributed by atoms with Crippen molar-refractivity contribution in [1.29, 1.82) is 0 Å². The second kappa shape index (κ2) is 7.30. The number of H-pyrrole nitrogens is 1. The summed E-state index contributed by atoms with van der Waals surface area (Å²) < 4.78 is 13.6. The zero-order chi connectivity index (χ0) is 17.9. The molecule has 2 rings (SSSR count). The van der Waals surface area contributed by atoms with Crippen LogP contribution >= 0.6 is 0 Å². The van der Waals surface area contributed by atoms with Crippen LogP contribution < -0.4 is 5.32 Å². The van der Waals surface area contributed by atoms with Gasteiger partial charge in [-0.05, 0) is 18.1 Å². The van der Waals surface area contributed by atoms with Crippen molar-refractivity contribution in [2.24, 2.45) is 11.3 Å². The second-order valence-corrected chi connectivity index (χ2v) is 7.27. The van der Waals surface area contributed by atoms with Crippen molar-refractivity contribution < 1.29 is 14.3 Å². The van der Waals surface area contributed by atoms with Gasteiger partial charge in [-0.25, -0.2) is 9.37 Å². The van der Waals surface area contributed by atoms with Crippen LogP contribution in [-0.2, 0) is 11.2 Å². The van der Waals surface area contributed by atoms with Crippen LogP contribution in [0.4, 0.5) is 4.39 Å². The summed E-state index contributed by atoms with van der Waals surface area (Å²) in [5, 5.41) is 13.0. The summed E-state index contributed by atoms with van der Waals surface area (Å²) in [6, 6.07) is 4.74. The maximum atomic E-state index is 13.6. The fourth-order valence-corrected chi connectivity index (χ4v) is 2.82. The van der Waals surface area contributed by atoms with Gasteiger partial charge in [-0.2, -0.15) is 0 Å². The molecule has 5 nitrogen and oxygen atoms in total. The molecule has 1 unspecified atom stereocenters. The Morgan fingerprint density at radius 3 is 2.75 bits per heavy atom. The Morgan fingerprint density at radius 2 is 2.12 bits per heavy atom. The summed E-state index contributed by atoms with van der Waals surface area (Å²) in [5.74, 6) is 0.234. The summed E-state index contributed by atoms with van der Waals surface area (Å²) in [6.07, 6.45) is 0.179. The Hall–Kier alpha value is -1.95. The number of aromatic nitrogens is 2. The number of halogens is 1. The first-order chi connectivity index (χ1) is 11.2. The molecule has 0 radical (unpaired) electrons. The molecule has 132 valence electrons. The van der Waals surface area contributed by atoms with Crippen LogP contribution in [0.5, 0.6) is 0 Å². The number of benzene rings is 1. The van der Waals surface area contributed by atoms with E-state index in [-0.39, 0.29) is 24.1 Å². The van der Waals surface area contributed by atoms with Crippen molar-refractivity contribution in [3.05, 3.63) is 29.8 Å².